The molecule has 0 amide bonds. The zero-order valence-electron chi connectivity index (χ0n) is 2.35. The number of thiol groups is 1. The summed E-state index contributed by atoms with van der Waals surface area (Å²) in [6, 6.07) is -1.24. The Morgan fingerprint density at radius 2 is 1.67 bits per heavy atom. The number of rotatable bonds is 1. The van der Waals surface area contributed by atoms with Crippen molar-refractivity contribution < 1.29 is 12.8 Å². The quantitative estimate of drug-likeness (QED) is 0.339. The molecule has 0 spiro atoms. The standard InChI is InChI=1S/CH3FO2S.Li.H/c2-1-5(3)4;;/h5H,1H2;;. The molecule has 34 valence electrons. The number of hydrogen-bond donors (Lipinski definition) is 1. The fourth-order valence-electron chi connectivity index (χ4n) is 0. The Labute approximate surface area is 48.9 Å². The third kappa shape index (κ3) is 8.82. The van der Waals surface area contributed by atoms with Crippen LogP contribution >= 0.6 is 0 Å². The maximum atomic E-state index is 10.5. The van der Waals surface area contributed by atoms with Gasteiger partial charge < -0.3 is 0 Å². The van der Waals surface area contributed by atoms with Crippen molar-refractivity contribution in [1.29, 1.82) is 0 Å². The van der Waals surface area contributed by atoms with Crippen LogP contribution in [-0.2, 0) is 10.7 Å². The molecule has 2 nitrogen and oxygen atoms in total. The van der Waals surface area contributed by atoms with Crippen LogP contribution in [0.4, 0.5) is 4.39 Å². The van der Waals surface area contributed by atoms with Crippen LogP contribution < -0.4 is 0 Å². The molecule has 6 heavy (non-hydrogen) atoms. The molecule has 0 unspecified atom stereocenters. The first-order valence-corrected chi connectivity index (χ1v) is 2.31. The maximum absolute atomic E-state index is 10.5. The molecule has 0 aliphatic carbocycles. The summed E-state index contributed by atoms with van der Waals surface area (Å²) in [6.07, 6.45) is 0. The molecule has 0 fully saturated rings. The summed E-state index contributed by atoms with van der Waals surface area (Å²) in [5.74, 6) is 0. The van der Waals surface area contributed by atoms with Gasteiger partial charge in [-0.15, -0.1) is 0 Å². The van der Waals surface area contributed by atoms with E-state index >= 15 is 0 Å². The summed E-state index contributed by atoms with van der Waals surface area (Å²) in [4.78, 5) is 0. The van der Waals surface area contributed by atoms with E-state index in [1.165, 1.54) is 0 Å². The van der Waals surface area contributed by atoms with Gasteiger partial charge in [0, 0.05) is 0 Å². The molecule has 0 rings (SSSR count). The van der Waals surface area contributed by atoms with Gasteiger partial charge in [-0.05, 0) is 0 Å². The second-order valence-electron chi connectivity index (χ2n) is 0.452. The molecular weight excluding hydrogens is 102 g/mol. The van der Waals surface area contributed by atoms with E-state index in [-0.39, 0.29) is 18.9 Å². The van der Waals surface area contributed by atoms with Crippen LogP contribution in [0.15, 0.2) is 0 Å². The van der Waals surface area contributed by atoms with Crippen molar-refractivity contribution in [3.63, 3.8) is 0 Å². The summed E-state index contributed by atoms with van der Waals surface area (Å²) in [5, 5.41) is 0. The zero-order chi connectivity index (χ0) is 4.28. The molecule has 0 N–H and O–H groups in total. The molecular formula is CH4FLiO2S. The number of alkyl halides is 1. The third-order valence-corrected chi connectivity index (χ3v) is 0.293. The Balaban J connectivity index is 0. The van der Waals surface area contributed by atoms with Crippen molar-refractivity contribution in [2.45, 2.75) is 0 Å². The predicted octanol–water partition coefficient (Wildman–Crippen LogP) is -1.12. The van der Waals surface area contributed by atoms with Crippen LogP contribution in [0.5, 0.6) is 0 Å². The molecule has 0 aromatic heterocycles. The Bertz CT molecular complexity index is 71.6. The van der Waals surface area contributed by atoms with Gasteiger partial charge in [-0.1, -0.05) is 0 Å². The second kappa shape index (κ2) is 5.48. The van der Waals surface area contributed by atoms with Crippen molar-refractivity contribution in [2.75, 3.05) is 6.01 Å². The molecule has 0 aromatic rings. The van der Waals surface area contributed by atoms with Crippen LogP contribution in [0.1, 0.15) is 0 Å². The number of halogens is 1. The first-order valence-electron chi connectivity index (χ1n) is 0.949. The van der Waals surface area contributed by atoms with Crippen molar-refractivity contribution in [3.05, 3.63) is 0 Å². The minimum atomic E-state index is -2.76. The van der Waals surface area contributed by atoms with Crippen molar-refractivity contribution in [1.82, 2.24) is 0 Å². The monoisotopic (exact) mass is 106 g/mol. The van der Waals surface area contributed by atoms with E-state index in [1.807, 2.05) is 0 Å². The van der Waals surface area contributed by atoms with Crippen LogP contribution in [0.25, 0.3) is 0 Å². The predicted molar refractivity (Wildman–Crippen MR) is 23.4 cm³/mol. The van der Waals surface area contributed by atoms with Gasteiger partial charge in [-0.25, -0.2) is 12.8 Å². The van der Waals surface area contributed by atoms with Crippen LogP contribution in [0, 0.1) is 0 Å². The topological polar surface area (TPSA) is 34.1 Å². The van der Waals surface area contributed by atoms with Crippen LogP contribution in [-0.4, -0.2) is 33.3 Å². The summed E-state index contributed by atoms with van der Waals surface area (Å²) >= 11 is 0. The summed E-state index contributed by atoms with van der Waals surface area (Å²) in [7, 11) is -2.76. The Morgan fingerprint density at radius 3 is 1.67 bits per heavy atom. The van der Waals surface area contributed by atoms with E-state index < -0.39 is 16.7 Å². The molecule has 0 heterocycles. The van der Waals surface area contributed by atoms with E-state index in [9.17, 15) is 4.39 Å². The summed E-state index contributed by atoms with van der Waals surface area (Å²) in [5.41, 5.74) is 0. The van der Waals surface area contributed by atoms with E-state index in [0.717, 1.165) is 0 Å². The van der Waals surface area contributed by atoms with Crippen LogP contribution in [0.3, 0.4) is 0 Å². The van der Waals surface area contributed by atoms with E-state index in [4.69, 9.17) is 8.42 Å². The normalized spacial score (nSPS) is 7.67. The van der Waals surface area contributed by atoms with E-state index in [2.05, 4.69) is 0 Å². The molecule has 0 aromatic carbocycles. The van der Waals surface area contributed by atoms with Crippen molar-refractivity contribution in [3.8, 4) is 0 Å². The third-order valence-electron chi connectivity index (χ3n) is 0.0976. The Hall–Kier alpha value is 0.477. The molecule has 0 aliphatic rings. The van der Waals surface area contributed by atoms with Gasteiger partial charge in [-0.3, -0.25) is 0 Å². The van der Waals surface area contributed by atoms with Gasteiger partial charge >= 0.3 is 18.9 Å². The van der Waals surface area contributed by atoms with Crippen molar-refractivity contribution in [2.24, 2.45) is 0 Å². The molecule has 5 heteroatoms. The van der Waals surface area contributed by atoms with Gasteiger partial charge in [0.2, 0.25) is 0 Å². The SMILES string of the molecule is O=[SH](=O)CF.[LiH]. The first kappa shape index (κ1) is 9.69. The molecule has 0 saturated heterocycles. The second-order valence-corrected chi connectivity index (χ2v) is 1.36. The van der Waals surface area contributed by atoms with Gasteiger partial charge in [0.1, 0.15) is 0 Å². The van der Waals surface area contributed by atoms with Crippen molar-refractivity contribution >= 4 is 29.6 Å². The zero-order valence-corrected chi connectivity index (χ0v) is 3.24. The summed E-state index contributed by atoms with van der Waals surface area (Å²) < 4.78 is 28.6. The van der Waals surface area contributed by atoms with Gasteiger partial charge in [-0.2, -0.15) is 0 Å². The van der Waals surface area contributed by atoms with Gasteiger partial charge in [0.25, 0.3) is 0 Å². The fourth-order valence-corrected chi connectivity index (χ4v) is 0. The Morgan fingerprint density at radius 1 is 1.50 bits per heavy atom. The van der Waals surface area contributed by atoms with E-state index in [1.54, 1.807) is 0 Å². The Kier molecular flexibility index (Phi) is 8.85. The average Bonchev–Trinajstić information content (AvgIpc) is 1.38. The van der Waals surface area contributed by atoms with Gasteiger partial charge in [0.05, 0.1) is 0 Å². The number of hydrogen-bond acceptors (Lipinski definition) is 2. The van der Waals surface area contributed by atoms with E-state index in [0.29, 0.717) is 0 Å². The molecule has 0 radical (unpaired) electrons. The van der Waals surface area contributed by atoms with Gasteiger partial charge in [0.15, 0.2) is 16.7 Å². The first-order chi connectivity index (χ1) is 2.27. The summed E-state index contributed by atoms with van der Waals surface area (Å²) in [6.45, 7) is 0. The average molecular weight is 106 g/mol. The fraction of sp³-hybridized carbons (Fsp3) is 1.00. The molecule has 0 aliphatic heterocycles. The minimum absolute atomic E-state index is 0. The molecule has 0 saturated carbocycles. The molecule has 0 bridgehead atoms. The molecule has 0 atom stereocenters. The van der Waals surface area contributed by atoms with Crippen LogP contribution in [0.2, 0.25) is 0 Å².